The number of hydrogen-bond acceptors (Lipinski definition) is 7. The SMILES string of the molecule is COc1cc(-c2cnc(Nc3cc(OCCO)ccc3C)o2)cc(-c2ccc[nH]c2=O)c1. The van der Waals surface area contributed by atoms with Crippen molar-refractivity contribution in [3.05, 3.63) is 76.8 Å². The van der Waals surface area contributed by atoms with Crippen LogP contribution in [0, 0.1) is 6.92 Å². The summed E-state index contributed by atoms with van der Waals surface area (Å²) in [6, 6.07) is 14.9. The predicted octanol–water partition coefficient (Wildman–Crippen LogP) is 4.13. The average molecular weight is 433 g/mol. The minimum Gasteiger partial charge on any atom is -0.497 e. The monoisotopic (exact) mass is 433 g/mol. The largest absolute Gasteiger partial charge is 0.497 e. The van der Waals surface area contributed by atoms with Crippen molar-refractivity contribution in [2.45, 2.75) is 6.92 Å². The van der Waals surface area contributed by atoms with Gasteiger partial charge in [-0.25, -0.2) is 4.98 Å². The van der Waals surface area contributed by atoms with Crippen molar-refractivity contribution in [2.75, 3.05) is 25.6 Å². The molecule has 4 aromatic rings. The van der Waals surface area contributed by atoms with Crippen molar-refractivity contribution < 1.29 is 19.0 Å². The van der Waals surface area contributed by atoms with E-state index in [2.05, 4.69) is 15.3 Å². The van der Waals surface area contributed by atoms with Gasteiger partial charge in [0.25, 0.3) is 11.6 Å². The molecule has 8 nitrogen and oxygen atoms in total. The van der Waals surface area contributed by atoms with E-state index in [1.807, 2.05) is 37.3 Å². The second-order valence-electron chi connectivity index (χ2n) is 7.07. The maximum Gasteiger partial charge on any atom is 0.299 e. The lowest BCUT2D eigenvalue weighted by molar-refractivity contribution is 0.201. The zero-order valence-electron chi connectivity index (χ0n) is 17.7. The fraction of sp³-hybridized carbons (Fsp3) is 0.167. The Bertz CT molecular complexity index is 1280. The Balaban J connectivity index is 1.64. The topological polar surface area (TPSA) is 110 Å². The lowest BCUT2D eigenvalue weighted by Gasteiger charge is -2.10. The molecule has 164 valence electrons. The van der Waals surface area contributed by atoms with Crippen LogP contribution in [0.25, 0.3) is 22.5 Å². The summed E-state index contributed by atoms with van der Waals surface area (Å²) < 4.78 is 16.8. The molecule has 2 aromatic carbocycles. The van der Waals surface area contributed by atoms with E-state index in [9.17, 15) is 4.79 Å². The van der Waals surface area contributed by atoms with Crippen molar-refractivity contribution in [1.29, 1.82) is 0 Å². The third kappa shape index (κ3) is 4.65. The van der Waals surface area contributed by atoms with Crippen molar-refractivity contribution in [2.24, 2.45) is 0 Å². The first-order valence-electron chi connectivity index (χ1n) is 10.0. The highest BCUT2D eigenvalue weighted by atomic mass is 16.5. The van der Waals surface area contributed by atoms with Crippen molar-refractivity contribution >= 4 is 11.7 Å². The van der Waals surface area contributed by atoms with Crippen LogP contribution in [0.1, 0.15) is 5.56 Å². The third-order valence-corrected chi connectivity index (χ3v) is 4.87. The molecule has 0 aliphatic heterocycles. The molecule has 0 radical (unpaired) electrons. The Kier molecular flexibility index (Phi) is 6.23. The number of oxazole rings is 1. The van der Waals surface area contributed by atoms with Gasteiger partial charge < -0.3 is 29.3 Å². The number of aromatic amines is 1. The number of aryl methyl sites for hydroxylation is 1. The summed E-state index contributed by atoms with van der Waals surface area (Å²) in [7, 11) is 1.57. The van der Waals surface area contributed by atoms with E-state index in [1.54, 1.807) is 37.7 Å². The number of anilines is 2. The number of rotatable bonds is 8. The normalized spacial score (nSPS) is 10.7. The molecule has 0 saturated heterocycles. The molecule has 8 heteroatoms. The summed E-state index contributed by atoms with van der Waals surface area (Å²) in [5.74, 6) is 1.74. The van der Waals surface area contributed by atoms with Crippen LogP contribution in [-0.2, 0) is 0 Å². The molecule has 0 saturated carbocycles. The molecule has 0 aliphatic rings. The number of ether oxygens (including phenoxy) is 2. The average Bonchev–Trinajstić information content (AvgIpc) is 3.28. The van der Waals surface area contributed by atoms with Gasteiger partial charge in [0, 0.05) is 29.1 Å². The second-order valence-corrected chi connectivity index (χ2v) is 7.07. The highest BCUT2D eigenvalue weighted by Crippen LogP contribution is 2.32. The highest BCUT2D eigenvalue weighted by Gasteiger charge is 2.13. The molecular weight excluding hydrogens is 410 g/mol. The Labute approximate surface area is 184 Å². The van der Waals surface area contributed by atoms with Crippen LogP contribution in [0.4, 0.5) is 11.7 Å². The number of pyridine rings is 1. The summed E-state index contributed by atoms with van der Waals surface area (Å²) in [5, 5.41) is 12.1. The molecule has 2 heterocycles. The molecular formula is C24H23N3O5. The number of hydrogen-bond donors (Lipinski definition) is 3. The first-order chi connectivity index (χ1) is 15.6. The Morgan fingerprint density at radius 3 is 2.75 bits per heavy atom. The zero-order chi connectivity index (χ0) is 22.5. The van der Waals surface area contributed by atoms with Gasteiger partial charge in [-0.05, 0) is 54.4 Å². The van der Waals surface area contributed by atoms with Crippen LogP contribution in [0.15, 0.2) is 70.1 Å². The quantitative estimate of drug-likeness (QED) is 0.383. The molecule has 3 N–H and O–H groups in total. The van der Waals surface area contributed by atoms with Crippen LogP contribution in [0.2, 0.25) is 0 Å². The van der Waals surface area contributed by atoms with Gasteiger partial charge in [-0.1, -0.05) is 6.07 Å². The zero-order valence-corrected chi connectivity index (χ0v) is 17.7. The standard InChI is InChI=1S/C24H23N3O5/c1-15-5-6-18(31-9-8-28)13-21(15)27-24-26-14-22(32-24)17-10-16(11-19(12-17)30-2)20-4-3-7-25-23(20)29/h3-7,10-14,28H,8-9H2,1-2H3,(H,25,29)(H,26,27). The number of aliphatic hydroxyl groups is 1. The summed E-state index contributed by atoms with van der Waals surface area (Å²) in [6.45, 7) is 2.11. The van der Waals surface area contributed by atoms with Crippen molar-refractivity contribution in [3.63, 3.8) is 0 Å². The fourth-order valence-corrected chi connectivity index (χ4v) is 3.23. The number of nitrogens with zero attached hydrogens (tertiary/aromatic N) is 1. The minimum absolute atomic E-state index is 0.0584. The Morgan fingerprint density at radius 1 is 1.12 bits per heavy atom. The van der Waals surface area contributed by atoms with E-state index < -0.39 is 0 Å². The van der Waals surface area contributed by atoms with E-state index >= 15 is 0 Å². The number of aliphatic hydroxyl groups excluding tert-OH is 1. The highest BCUT2D eigenvalue weighted by molar-refractivity contribution is 5.73. The van der Waals surface area contributed by atoms with E-state index in [1.165, 1.54) is 0 Å². The number of benzene rings is 2. The van der Waals surface area contributed by atoms with Crippen LogP contribution < -0.4 is 20.3 Å². The summed E-state index contributed by atoms with van der Waals surface area (Å²) >= 11 is 0. The maximum absolute atomic E-state index is 12.2. The Hall–Kier alpha value is -4.04. The molecule has 0 fully saturated rings. The lowest BCUT2D eigenvalue weighted by Crippen LogP contribution is -2.07. The molecule has 0 amide bonds. The van der Waals surface area contributed by atoms with Gasteiger partial charge >= 0.3 is 0 Å². The van der Waals surface area contributed by atoms with E-state index in [-0.39, 0.29) is 18.8 Å². The number of H-pyrrole nitrogens is 1. The third-order valence-electron chi connectivity index (χ3n) is 4.87. The van der Waals surface area contributed by atoms with Crippen molar-refractivity contribution in [3.8, 4) is 33.9 Å². The van der Waals surface area contributed by atoms with Gasteiger partial charge in [-0.2, -0.15) is 0 Å². The van der Waals surface area contributed by atoms with Gasteiger partial charge in [0.15, 0.2) is 5.76 Å². The number of methoxy groups -OCH3 is 1. The molecule has 2 aromatic heterocycles. The maximum atomic E-state index is 12.2. The molecule has 32 heavy (non-hydrogen) atoms. The molecule has 0 bridgehead atoms. The fourth-order valence-electron chi connectivity index (χ4n) is 3.23. The van der Waals surface area contributed by atoms with Crippen LogP contribution >= 0.6 is 0 Å². The molecule has 0 unspecified atom stereocenters. The van der Waals surface area contributed by atoms with Gasteiger partial charge in [-0.15, -0.1) is 0 Å². The van der Waals surface area contributed by atoms with Gasteiger partial charge in [-0.3, -0.25) is 4.79 Å². The molecule has 0 atom stereocenters. The summed E-state index contributed by atoms with van der Waals surface area (Å²) in [5.41, 5.74) is 3.52. The van der Waals surface area contributed by atoms with Crippen LogP contribution in [0.3, 0.4) is 0 Å². The molecule has 0 aliphatic carbocycles. The molecule has 4 rings (SSSR count). The molecule has 0 spiro atoms. The van der Waals surface area contributed by atoms with E-state index in [4.69, 9.17) is 19.0 Å². The van der Waals surface area contributed by atoms with Crippen LogP contribution in [0.5, 0.6) is 11.5 Å². The lowest BCUT2D eigenvalue weighted by atomic mass is 10.0. The Morgan fingerprint density at radius 2 is 1.97 bits per heavy atom. The first kappa shape index (κ1) is 21.2. The summed E-state index contributed by atoms with van der Waals surface area (Å²) in [6.07, 6.45) is 3.20. The van der Waals surface area contributed by atoms with Crippen molar-refractivity contribution in [1.82, 2.24) is 9.97 Å². The van der Waals surface area contributed by atoms with E-state index in [0.717, 1.165) is 16.8 Å². The number of nitrogens with one attached hydrogen (secondary N) is 2. The predicted molar refractivity (Wildman–Crippen MR) is 122 cm³/mol. The summed E-state index contributed by atoms with van der Waals surface area (Å²) in [4.78, 5) is 19.2. The van der Waals surface area contributed by atoms with E-state index in [0.29, 0.717) is 34.4 Å². The van der Waals surface area contributed by atoms with Gasteiger partial charge in [0.2, 0.25) is 0 Å². The minimum atomic E-state index is -0.189. The van der Waals surface area contributed by atoms with Crippen LogP contribution in [-0.4, -0.2) is 35.4 Å². The first-order valence-corrected chi connectivity index (χ1v) is 10.0. The van der Waals surface area contributed by atoms with Gasteiger partial charge in [0.1, 0.15) is 18.1 Å². The van der Waals surface area contributed by atoms with Gasteiger partial charge in [0.05, 0.1) is 19.9 Å². The number of aromatic nitrogens is 2. The second kappa shape index (κ2) is 9.40. The smallest absolute Gasteiger partial charge is 0.299 e.